The van der Waals surface area contributed by atoms with Crippen LogP contribution >= 0.6 is 0 Å². The molecule has 1 aliphatic rings. The van der Waals surface area contributed by atoms with Gasteiger partial charge in [0.15, 0.2) is 0 Å². The van der Waals surface area contributed by atoms with Crippen LogP contribution in [0.1, 0.15) is 57.3 Å². The van der Waals surface area contributed by atoms with Gasteiger partial charge in [-0.25, -0.2) is 0 Å². The molecule has 2 heterocycles. The van der Waals surface area contributed by atoms with Gasteiger partial charge in [-0.05, 0) is 32.0 Å². The Morgan fingerprint density at radius 2 is 1.84 bits per heavy atom. The highest BCUT2D eigenvalue weighted by molar-refractivity contribution is 5.12. The van der Waals surface area contributed by atoms with E-state index in [1.165, 1.54) is 50.8 Å². The quantitative estimate of drug-likeness (QED) is 0.881. The summed E-state index contributed by atoms with van der Waals surface area (Å²) >= 11 is 0. The van der Waals surface area contributed by atoms with E-state index in [1.54, 1.807) is 0 Å². The Bertz CT molecular complexity index is 351. The summed E-state index contributed by atoms with van der Waals surface area (Å²) in [5, 5.41) is 3.42. The zero-order valence-electron chi connectivity index (χ0n) is 12.5. The van der Waals surface area contributed by atoms with Gasteiger partial charge < -0.3 is 9.73 Å². The summed E-state index contributed by atoms with van der Waals surface area (Å²) in [6.07, 6.45) is 8.76. The molecular formula is C16H28N2O. The average molecular weight is 264 g/mol. The lowest BCUT2D eigenvalue weighted by atomic mass is 10.1. The molecule has 0 atom stereocenters. The summed E-state index contributed by atoms with van der Waals surface area (Å²) in [5.74, 6) is 1.11. The van der Waals surface area contributed by atoms with Crippen LogP contribution in [-0.4, -0.2) is 24.0 Å². The largest absolute Gasteiger partial charge is 0.468 e. The predicted molar refractivity (Wildman–Crippen MR) is 79.0 cm³/mol. The Labute approximate surface area is 117 Å². The summed E-state index contributed by atoms with van der Waals surface area (Å²) in [6, 6.07) is 2.72. The zero-order valence-corrected chi connectivity index (χ0v) is 12.5. The Hall–Kier alpha value is -0.800. The van der Waals surface area contributed by atoms with Gasteiger partial charge in [-0.1, -0.05) is 33.1 Å². The first-order valence-electron chi connectivity index (χ1n) is 7.76. The van der Waals surface area contributed by atoms with Gasteiger partial charge in [0, 0.05) is 18.2 Å². The van der Waals surface area contributed by atoms with E-state index in [0.717, 1.165) is 18.8 Å². The van der Waals surface area contributed by atoms with E-state index >= 15 is 0 Å². The minimum absolute atomic E-state index is 0.521. The maximum Gasteiger partial charge on any atom is 0.118 e. The van der Waals surface area contributed by atoms with Gasteiger partial charge >= 0.3 is 0 Å². The molecule has 0 aliphatic carbocycles. The molecule has 108 valence electrons. The molecule has 0 unspecified atom stereocenters. The summed E-state index contributed by atoms with van der Waals surface area (Å²) in [5.41, 5.74) is 1.26. The summed E-state index contributed by atoms with van der Waals surface area (Å²) in [4.78, 5) is 2.54. The van der Waals surface area contributed by atoms with Crippen LogP contribution in [0.25, 0.3) is 0 Å². The second kappa shape index (κ2) is 7.71. The molecule has 0 saturated carbocycles. The van der Waals surface area contributed by atoms with Gasteiger partial charge in [0.1, 0.15) is 5.76 Å². The first-order chi connectivity index (χ1) is 9.24. The summed E-state index contributed by atoms with van der Waals surface area (Å²) < 4.78 is 5.69. The molecule has 1 aliphatic heterocycles. The van der Waals surface area contributed by atoms with Gasteiger partial charge in [0.05, 0.1) is 12.8 Å². The van der Waals surface area contributed by atoms with Crippen molar-refractivity contribution in [1.82, 2.24) is 10.2 Å². The van der Waals surface area contributed by atoms with Crippen LogP contribution in [0.4, 0.5) is 0 Å². The van der Waals surface area contributed by atoms with Gasteiger partial charge in [0.2, 0.25) is 0 Å². The molecule has 0 radical (unpaired) electrons. The van der Waals surface area contributed by atoms with Crippen LogP contribution in [0.5, 0.6) is 0 Å². The minimum atomic E-state index is 0.521. The number of hydrogen-bond donors (Lipinski definition) is 1. The molecule has 1 saturated heterocycles. The highest BCUT2D eigenvalue weighted by Crippen LogP contribution is 2.15. The van der Waals surface area contributed by atoms with Crippen LogP contribution < -0.4 is 5.32 Å². The van der Waals surface area contributed by atoms with Crippen molar-refractivity contribution in [3.05, 3.63) is 23.7 Å². The molecule has 1 aromatic rings. The predicted octanol–water partition coefficient (Wildman–Crippen LogP) is 3.54. The lowest BCUT2D eigenvalue weighted by Crippen LogP contribution is -2.26. The number of nitrogens with one attached hydrogen (secondary N) is 1. The molecule has 19 heavy (non-hydrogen) atoms. The zero-order chi connectivity index (χ0) is 13.5. The van der Waals surface area contributed by atoms with Crippen molar-refractivity contribution in [3.8, 4) is 0 Å². The normalized spacial score (nSPS) is 18.5. The standard InChI is InChI=1S/C16H28N2O/c1-14(2)17-11-15-10-16(19-13-15)12-18-8-6-4-3-5-7-9-18/h10,13-14,17H,3-9,11-12H2,1-2H3. The second-order valence-electron chi connectivity index (χ2n) is 6.00. The third kappa shape index (κ3) is 5.37. The molecule has 1 aromatic heterocycles. The molecule has 2 rings (SSSR count). The van der Waals surface area contributed by atoms with Crippen LogP contribution in [-0.2, 0) is 13.1 Å². The van der Waals surface area contributed by atoms with Crippen LogP contribution in [0.2, 0.25) is 0 Å². The Balaban J connectivity index is 1.80. The highest BCUT2D eigenvalue weighted by Gasteiger charge is 2.11. The maximum absolute atomic E-state index is 5.69. The molecule has 1 fully saturated rings. The van der Waals surface area contributed by atoms with Crippen molar-refractivity contribution < 1.29 is 4.42 Å². The summed E-state index contributed by atoms with van der Waals surface area (Å²) in [6.45, 7) is 8.66. The molecule has 1 N–H and O–H groups in total. The van der Waals surface area contributed by atoms with Gasteiger partial charge in [-0.15, -0.1) is 0 Å². The van der Waals surface area contributed by atoms with Crippen LogP contribution in [0, 0.1) is 0 Å². The lowest BCUT2D eigenvalue weighted by molar-refractivity contribution is 0.222. The Kier molecular flexibility index (Phi) is 5.93. The second-order valence-corrected chi connectivity index (χ2v) is 6.00. The van der Waals surface area contributed by atoms with E-state index in [0.29, 0.717) is 6.04 Å². The fraction of sp³-hybridized carbons (Fsp3) is 0.750. The first kappa shape index (κ1) is 14.6. The molecule has 0 bridgehead atoms. The van der Waals surface area contributed by atoms with Crippen molar-refractivity contribution in [2.24, 2.45) is 0 Å². The third-order valence-corrected chi connectivity index (χ3v) is 3.75. The number of rotatable bonds is 5. The van der Waals surface area contributed by atoms with Crippen LogP contribution in [0.3, 0.4) is 0 Å². The SMILES string of the molecule is CC(C)NCc1coc(CN2CCCCCCC2)c1. The Morgan fingerprint density at radius 1 is 1.16 bits per heavy atom. The maximum atomic E-state index is 5.69. The van der Waals surface area contributed by atoms with Crippen molar-refractivity contribution >= 4 is 0 Å². The number of hydrogen-bond acceptors (Lipinski definition) is 3. The molecule has 0 spiro atoms. The van der Waals surface area contributed by atoms with E-state index in [9.17, 15) is 0 Å². The minimum Gasteiger partial charge on any atom is -0.468 e. The molecule has 0 aromatic carbocycles. The van der Waals surface area contributed by atoms with Gasteiger partial charge in [-0.2, -0.15) is 0 Å². The van der Waals surface area contributed by atoms with Crippen molar-refractivity contribution in [1.29, 1.82) is 0 Å². The van der Waals surface area contributed by atoms with Crippen molar-refractivity contribution in [2.45, 2.75) is 65.1 Å². The van der Waals surface area contributed by atoms with E-state index in [4.69, 9.17) is 4.42 Å². The number of furan rings is 1. The topological polar surface area (TPSA) is 28.4 Å². The number of nitrogens with zero attached hydrogens (tertiary/aromatic N) is 1. The van der Waals surface area contributed by atoms with Gasteiger partial charge in [0.25, 0.3) is 0 Å². The fourth-order valence-corrected chi connectivity index (χ4v) is 2.62. The lowest BCUT2D eigenvalue weighted by Gasteiger charge is -2.23. The molecule has 3 nitrogen and oxygen atoms in total. The van der Waals surface area contributed by atoms with Crippen LogP contribution in [0.15, 0.2) is 16.7 Å². The van der Waals surface area contributed by atoms with E-state index in [2.05, 4.69) is 30.1 Å². The van der Waals surface area contributed by atoms with Gasteiger partial charge in [-0.3, -0.25) is 4.90 Å². The molecule has 3 heteroatoms. The Morgan fingerprint density at radius 3 is 2.53 bits per heavy atom. The first-order valence-corrected chi connectivity index (χ1v) is 7.76. The van der Waals surface area contributed by atoms with E-state index < -0.39 is 0 Å². The fourth-order valence-electron chi connectivity index (χ4n) is 2.62. The average Bonchev–Trinajstić information content (AvgIpc) is 2.77. The van der Waals surface area contributed by atoms with E-state index in [-0.39, 0.29) is 0 Å². The van der Waals surface area contributed by atoms with Crippen molar-refractivity contribution in [3.63, 3.8) is 0 Å². The van der Waals surface area contributed by atoms with E-state index in [1.807, 2.05) is 6.26 Å². The molecular weight excluding hydrogens is 236 g/mol. The van der Waals surface area contributed by atoms with Crippen molar-refractivity contribution in [2.75, 3.05) is 13.1 Å². The third-order valence-electron chi connectivity index (χ3n) is 3.75. The monoisotopic (exact) mass is 264 g/mol. The summed E-state index contributed by atoms with van der Waals surface area (Å²) in [7, 11) is 0. The highest BCUT2D eigenvalue weighted by atomic mass is 16.3. The molecule has 0 amide bonds. The number of likely N-dealkylation sites (tertiary alicyclic amines) is 1. The smallest absolute Gasteiger partial charge is 0.118 e.